The van der Waals surface area contributed by atoms with E-state index in [2.05, 4.69) is 38.0 Å². The summed E-state index contributed by atoms with van der Waals surface area (Å²) in [5, 5.41) is 9.93. The Morgan fingerprint density at radius 1 is 1.39 bits per heavy atom. The molecule has 0 aliphatic carbocycles. The fourth-order valence-corrected chi connectivity index (χ4v) is 3.62. The Morgan fingerprint density at radius 3 is 2.78 bits per heavy atom. The van der Waals surface area contributed by atoms with E-state index in [-0.39, 0.29) is 5.91 Å². The molecule has 1 fully saturated rings. The van der Waals surface area contributed by atoms with Gasteiger partial charge >= 0.3 is 0 Å². The molecule has 1 saturated heterocycles. The minimum atomic E-state index is 0.0249. The van der Waals surface area contributed by atoms with Crippen molar-refractivity contribution < 1.29 is 4.79 Å². The third kappa shape index (κ3) is 4.39. The van der Waals surface area contributed by atoms with Crippen LogP contribution in [-0.2, 0) is 11.3 Å². The number of hydrogen-bond acceptors (Lipinski definition) is 5. The third-order valence-corrected chi connectivity index (χ3v) is 4.98. The zero-order chi connectivity index (χ0) is 16.2. The van der Waals surface area contributed by atoms with E-state index in [0.29, 0.717) is 17.6 Å². The number of aromatic nitrogens is 3. The summed E-state index contributed by atoms with van der Waals surface area (Å²) >= 11 is 1.45. The van der Waals surface area contributed by atoms with Crippen molar-refractivity contribution in [3.8, 4) is 0 Å². The molecule has 6 nitrogen and oxygen atoms in total. The molecule has 0 spiro atoms. The van der Waals surface area contributed by atoms with Gasteiger partial charge in [-0.05, 0) is 51.8 Å². The molecular formula is C16H23N5OS. The van der Waals surface area contributed by atoms with E-state index in [0.717, 1.165) is 38.2 Å². The van der Waals surface area contributed by atoms with E-state index in [1.165, 1.54) is 17.0 Å². The van der Waals surface area contributed by atoms with Gasteiger partial charge in [0, 0.05) is 23.8 Å². The van der Waals surface area contributed by atoms with E-state index >= 15 is 0 Å². The van der Waals surface area contributed by atoms with Gasteiger partial charge in [0.25, 0.3) is 0 Å². The predicted molar refractivity (Wildman–Crippen MR) is 91.6 cm³/mol. The Hall–Kier alpha value is -1.73. The van der Waals surface area contributed by atoms with Crippen molar-refractivity contribution in [2.24, 2.45) is 5.92 Å². The van der Waals surface area contributed by atoms with Crippen LogP contribution < -0.4 is 5.32 Å². The summed E-state index contributed by atoms with van der Waals surface area (Å²) in [5.41, 5.74) is 2.31. The molecule has 3 rings (SSSR count). The molecule has 0 aromatic carbocycles. The molecule has 1 aliphatic heterocycles. The van der Waals surface area contributed by atoms with Crippen molar-refractivity contribution in [2.75, 3.05) is 25.0 Å². The fourth-order valence-electron chi connectivity index (χ4n) is 3.08. The minimum Gasteiger partial charge on any atom is -0.301 e. The Morgan fingerprint density at radius 2 is 2.17 bits per heavy atom. The highest BCUT2D eigenvalue weighted by molar-refractivity contribution is 7.13. The molecule has 124 valence electrons. The molecule has 1 amide bonds. The standard InChI is InChI=1S/C16H23N5OS/c1-12-9-13(2)21(19-12)10-14-3-6-20(7-4-14)11-15(22)18-16-17-5-8-23-16/h5,8-9,14H,3-4,6-7,10-11H2,1-2H3,(H,17,18,22). The number of anilines is 1. The van der Waals surface area contributed by atoms with Crippen LogP contribution in [0.3, 0.4) is 0 Å². The Bertz CT molecular complexity index is 643. The molecular weight excluding hydrogens is 310 g/mol. The van der Waals surface area contributed by atoms with Gasteiger partial charge < -0.3 is 5.32 Å². The number of carbonyl (C=O) groups is 1. The van der Waals surface area contributed by atoms with Gasteiger partial charge in [-0.1, -0.05) is 0 Å². The second kappa shape index (κ2) is 7.23. The maximum Gasteiger partial charge on any atom is 0.240 e. The lowest BCUT2D eigenvalue weighted by Gasteiger charge is -2.31. The monoisotopic (exact) mass is 333 g/mol. The second-order valence-corrected chi connectivity index (χ2v) is 7.11. The molecule has 1 aliphatic rings. The second-order valence-electron chi connectivity index (χ2n) is 6.21. The van der Waals surface area contributed by atoms with Crippen molar-refractivity contribution in [1.82, 2.24) is 19.7 Å². The predicted octanol–water partition coefficient (Wildman–Crippen LogP) is 2.31. The van der Waals surface area contributed by atoms with Gasteiger partial charge in [0.15, 0.2) is 5.13 Å². The van der Waals surface area contributed by atoms with Crippen LogP contribution in [0, 0.1) is 19.8 Å². The lowest BCUT2D eigenvalue weighted by atomic mass is 9.97. The lowest BCUT2D eigenvalue weighted by Crippen LogP contribution is -2.40. The summed E-state index contributed by atoms with van der Waals surface area (Å²) in [4.78, 5) is 18.3. The van der Waals surface area contributed by atoms with Crippen LogP contribution in [0.15, 0.2) is 17.6 Å². The van der Waals surface area contributed by atoms with Crippen LogP contribution in [0.25, 0.3) is 0 Å². The molecule has 3 heterocycles. The number of thiazole rings is 1. The zero-order valence-corrected chi connectivity index (χ0v) is 14.5. The van der Waals surface area contributed by atoms with Gasteiger partial charge in [-0.2, -0.15) is 5.10 Å². The van der Waals surface area contributed by atoms with Crippen LogP contribution in [0.2, 0.25) is 0 Å². The normalized spacial score (nSPS) is 16.6. The molecule has 7 heteroatoms. The Kier molecular flexibility index (Phi) is 5.07. The highest BCUT2D eigenvalue weighted by Crippen LogP contribution is 2.20. The zero-order valence-electron chi connectivity index (χ0n) is 13.7. The maximum absolute atomic E-state index is 12.0. The smallest absolute Gasteiger partial charge is 0.240 e. The number of rotatable bonds is 5. The molecule has 2 aromatic heterocycles. The summed E-state index contributed by atoms with van der Waals surface area (Å²) in [6.07, 6.45) is 3.93. The summed E-state index contributed by atoms with van der Waals surface area (Å²) in [7, 11) is 0. The molecule has 0 unspecified atom stereocenters. The average Bonchev–Trinajstić information content (AvgIpc) is 3.11. The van der Waals surface area contributed by atoms with Gasteiger partial charge in [-0.25, -0.2) is 4.98 Å². The molecule has 0 radical (unpaired) electrons. The van der Waals surface area contributed by atoms with Crippen molar-refractivity contribution in [1.29, 1.82) is 0 Å². The van der Waals surface area contributed by atoms with Gasteiger partial charge in [-0.15, -0.1) is 11.3 Å². The number of hydrogen-bond donors (Lipinski definition) is 1. The molecule has 2 aromatic rings. The van der Waals surface area contributed by atoms with Crippen molar-refractivity contribution in [2.45, 2.75) is 33.2 Å². The van der Waals surface area contributed by atoms with E-state index < -0.39 is 0 Å². The van der Waals surface area contributed by atoms with Crippen LogP contribution in [0.5, 0.6) is 0 Å². The fraction of sp³-hybridized carbons (Fsp3) is 0.562. The van der Waals surface area contributed by atoms with Gasteiger partial charge in [0.1, 0.15) is 0 Å². The van der Waals surface area contributed by atoms with E-state index in [9.17, 15) is 4.79 Å². The quantitative estimate of drug-likeness (QED) is 0.912. The SMILES string of the molecule is Cc1cc(C)n(CC2CCN(CC(=O)Nc3nccs3)CC2)n1. The Balaban J connectivity index is 1.43. The number of nitrogens with one attached hydrogen (secondary N) is 1. The lowest BCUT2D eigenvalue weighted by molar-refractivity contribution is -0.117. The number of carbonyl (C=O) groups excluding carboxylic acids is 1. The van der Waals surface area contributed by atoms with Gasteiger partial charge in [0.05, 0.1) is 12.2 Å². The van der Waals surface area contributed by atoms with Crippen molar-refractivity contribution >= 4 is 22.4 Å². The van der Waals surface area contributed by atoms with E-state index in [1.807, 2.05) is 12.3 Å². The first-order valence-electron chi connectivity index (χ1n) is 8.03. The summed E-state index contributed by atoms with van der Waals surface area (Å²) in [5.74, 6) is 0.670. The number of nitrogens with zero attached hydrogens (tertiary/aromatic N) is 4. The molecule has 23 heavy (non-hydrogen) atoms. The largest absolute Gasteiger partial charge is 0.301 e. The van der Waals surface area contributed by atoms with E-state index in [1.54, 1.807) is 6.20 Å². The first-order valence-corrected chi connectivity index (χ1v) is 8.91. The number of amides is 1. The van der Waals surface area contributed by atoms with Crippen LogP contribution in [0.1, 0.15) is 24.2 Å². The van der Waals surface area contributed by atoms with Crippen molar-refractivity contribution in [3.63, 3.8) is 0 Å². The Labute approximate surface area is 140 Å². The summed E-state index contributed by atoms with van der Waals surface area (Å²) in [6.45, 7) is 7.51. The molecule has 0 bridgehead atoms. The highest BCUT2D eigenvalue weighted by atomic mass is 32.1. The number of likely N-dealkylation sites (tertiary alicyclic amines) is 1. The van der Waals surface area contributed by atoms with E-state index in [4.69, 9.17) is 0 Å². The number of aryl methyl sites for hydroxylation is 2. The van der Waals surface area contributed by atoms with Crippen molar-refractivity contribution in [3.05, 3.63) is 29.0 Å². The topological polar surface area (TPSA) is 63.1 Å². The van der Waals surface area contributed by atoms with Crippen LogP contribution in [0.4, 0.5) is 5.13 Å². The first-order chi connectivity index (χ1) is 11.1. The summed E-state index contributed by atoms with van der Waals surface area (Å²) < 4.78 is 2.12. The van der Waals surface area contributed by atoms with Crippen LogP contribution >= 0.6 is 11.3 Å². The molecule has 1 N–H and O–H groups in total. The first kappa shape index (κ1) is 16.1. The number of piperidine rings is 1. The highest BCUT2D eigenvalue weighted by Gasteiger charge is 2.22. The van der Waals surface area contributed by atoms with Gasteiger partial charge in [0.2, 0.25) is 5.91 Å². The third-order valence-electron chi connectivity index (χ3n) is 4.29. The average molecular weight is 333 g/mol. The molecule has 0 atom stereocenters. The maximum atomic E-state index is 12.0. The summed E-state index contributed by atoms with van der Waals surface area (Å²) in [6, 6.07) is 2.12. The molecule has 0 saturated carbocycles. The van der Waals surface area contributed by atoms with Gasteiger partial charge in [-0.3, -0.25) is 14.4 Å². The minimum absolute atomic E-state index is 0.0249. The van der Waals surface area contributed by atoms with Crippen LogP contribution in [-0.4, -0.2) is 45.2 Å².